The Hall–Kier alpha value is -2.17. The molecule has 126 valence electrons. The number of imidazole rings is 1. The Morgan fingerprint density at radius 3 is 2.71 bits per heavy atom. The van der Waals surface area contributed by atoms with Gasteiger partial charge in [0.2, 0.25) is 0 Å². The Bertz CT molecular complexity index is 794. The third-order valence-corrected chi connectivity index (χ3v) is 4.10. The number of hydrogen-bond acceptors (Lipinski definition) is 3. The molecule has 3 aromatic rings. The molecule has 0 radical (unpaired) electrons. The predicted octanol–water partition coefficient (Wildman–Crippen LogP) is 3.88. The van der Waals surface area contributed by atoms with Crippen LogP contribution in [0.5, 0.6) is 0 Å². The first kappa shape index (κ1) is 16.7. The lowest BCUT2D eigenvalue weighted by Crippen LogP contribution is -2.17. The van der Waals surface area contributed by atoms with Crippen LogP contribution in [0.15, 0.2) is 48.5 Å². The Labute approximate surface area is 143 Å². The Morgan fingerprint density at radius 1 is 1.04 bits per heavy atom. The Balaban J connectivity index is 1.69. The summed E-state index contributed by atoms with van der Waals surface area (Å²) in [6, 6.07) is 16.9. The lowest BCUT2D eigenvalue weighted by Gasteiger charge is -2.09. The molecule has 0 saturated heterocycles. The normalized spacial score (nSPS) is 11.2. The van der Waals surface area contributed by atoms with E-state index in [-0.39, 0.29) is 0 Å². The minimum Gasteiger partial charge on any atom is -0.380 e. The number of fused-ring (bicyclic) bond motifs is 1. The molecule has 0 saturated carbocycles. The zero-order chi connectivity index (χ0) is 16.8. The number of hydrogen-bond donors (Lipinski definition) is 1. The maximum atomic E-state index is 5.20. The van der Waals surface area contributed by atoms with E-state index in [1.807, 2.05) is 6.07 Å². The molecule has 1 N–H and O–H groups in total. The van der Waals surface area contributed by atoms with Gasteiger partial charge in [-0.05, 0) is 29.7 Å². The summed E-state index contributed by atoms with van der Waals surface area (Å²) in [5, 5.41) is 3.52. The summed E-state index contributed by atoms with van der Waals surface area (Å²) in [7, 11) is 1.73. The SMILES string of the molecule is CCCn1c(CNCc2cccc(COC)c2)nc2ccccc21. The highest BCUT2D eigenvalue weighted by molar-refractivity contribution is 5.75. The van der Waals surface area contributed by atoms with Gasteiger partial charge in [-0.15, -0.1) is 0 Å². The number of aryl methyl sites for hydroxylation is 1. The smallest absolute Gasteiger partial charge is 0.123 e. The summed E-state index contributed by atoms with van der Waals surface area (Å²) in [5.41, 5.74) is 4.76. The maximum absolute atomic E-state index is 5.20. The fourth-order valence-corrected chi connectivity index (χ4v) is 3.05. The van der Waals surface area contributed by atoms with E-state index in [4.69, 9.17) is 9.72 Å². The van der Waals surface area contributed by atoms with Gasteiger partial charge in [0.25, 0.3) is 0 Å². The number of ether oxygens (including phenoxy) is 1. The van der Waals surface area contributed by atoms with Gasteiger partial charge in [-0.25, -0.2) is 4.98 Å². The molecule has 0 spiro atoms. The first-order valence-electron chi connectivity index (χ1n) is 8.53. The van der Waals surface area contributed by atoms with Gasteiger partial charge in [-0.3, -0.25) is 0 Å². The fourth-order valence-electron chi connectivity index (χ4n) is 3.05. The largest absolute Gasteiger partial charge is 0.380 e. The molecule has 24 heavy (non-hydrogen) atoms. The summed E-state index contributed by atoms with van der Waals surface area (Å²) in [4.78, 5) is 4.79. The van der Waals surface area contributed by atoms with Crippen LogP contribution in [0.25, 0.3) is 11.0 Å². The van der Waals surface area contributed by atoms with Crippen LogP contribution in [-0.2, 0) is 31.0 Å². The molecule has 4 nitrogen and oxygen atoms in total. The summed E-state index contributed by atoms with van der Waals surface area (Å²) >= 11 is 0. The summed E-state index contributed by atoms with van der Waals surface area (Å²) < 4.78 is 7.52. The van der Waals surface area contributed by atoms with Crippen molar-refractivity contribution in [2.45, 2.75) is 39.6 Å². The molecule has 1 aromatic heterocycles. The van der Waals surface area contributed by atoms with Crippen LogP contribution in [-0.4, -0.2) is 16.7 Å². The van der Waals surface area contributed by atoms with Crippen LogP contribution in [0.2, 0.25) is 0 Å². The van der Waals surface area contributed by atoms with Crippen molar-refractivity contribution in [1.82, 2.24) is 14.9 Å². The van der Waals surface area contributed by atoms with Crippen LogP contribution >= 0.6 is 0 Å². The average molecular weight is 323 g/mol. The van der Waals surface area contributed by atoms with Gasteiger partial charge in [-0.2, -0.15) is 0 Å². The molecular weight excluding hydrogens is 298 g/mol. The Kier molecular flexibility index (Phi) is 5.62. The van der Waals surface area contributed by atoms with E-state index >= 15 is 0 Å². The lowest BCUT2D eigenvalue weighted by molar-refractivity contribution is 0.185. The molecule has 0 aliphatic rings. The van der Waals surface area contributed by atoms with E-state index in [0.717, 1.165) is 37.4 Å². The second kappa shape index (κ2) is 8.08. The van der Waals surface area contributed by atoms with E-state index < -0.39 is 0 Å². The molecule has 0 unspecified atom stereocenters. The van der Waals surface area contributed by atoms with E-state index in [0.29, 0.717) is 6.61 Å². The minimum absolute atomic E-state index is 0.653. The second-order valence-electron chi connectivity index (χ2n) is 6.02. The minimum atomic E-state index is 0.653. The van der Waals surface area contributed by atoms with E-state index in [1.54, 1.807) is 7.11 Å². The molecule has 0 atom stereocenters. The van der Waals surface area contributed by atoms with Crippen LogP contribution in [0.1, 0.15) is 30.3 Å². The van der Waals surface area contributed by atoms with Crippen molar-refractivity contribution < 1.29 is 4.74 Å². The lowest BCUT2D eigenvalue weighted by atomic mass is 10.1. The monoisotopic (exact) mass is 323 g/mol. The standard InChI is InChI=1S/C20H25N3O/c1-3-11-23-19-10-5-4-9-18(19)22-20(23)14-21-13-16-7-6-8-17(12-16)15-24-2/h4-10,12,21H,3,11,13-15H2,1-2H3. The van der Waals surface area contributed by atoms with Crippen molar-refractivity contribution in [1.29, 1.82) is 0 Å². The number of nitrogens with one attached hydrogen (secondary N) is 1. The third kappa shape index (κ3) is 3.83. The highest BCUT2D eigenvalue weighted by atomic mass is 16.5. The van der Waals surface area contributed by atoms with Crippen LogP contribution < -0.4 is 5.32 Å². The van der Waals surface area contributed by atoms with Crippen molar-refractivity contribution in [3.8, 4) is 0 Å². The number of para-hydroxylation sites is 2. The zero-order valence-corrected chi connectivity index (χ0v) is 14.5. The van der Waals surface area contributed by atoms with Gasteiger partial charge in [0.05, 0.1) is 24.2 Å². The van der Waals surface area contributed by atoms with Gasteiger partial charge in [0, 0.05) is 20.2 Å². The van der Waals surface area contributed by atoms with E-state index in [1.165, 1.54) is 16.6 Å². The zero-order valence-electron chi connectivity index (χ0n) is 14.5. The summed E-state index contributed by atoms with van der Waals surface area (Å²) in [6.07, 6.45) is 1.10. The van der Waals surface area contributed by atoms with Crippen molar-refractivity contribution in [2.24, 2.45) is 0 Å². The molecule has 0 bridgehead atoms. The molecule has 1 heterocycles. The maximum Gasteiger partial charge on any atom is 0.123 e. The predicted molar refractivity (Wildman–Crippen MR) is 97.7 cm³/mol. The number of aromatic nitrogens is 2. The van der Waals surface area contributed by atoms with E-state index in [9.17, 15) is 0 Å². The first-order valence-corrected chi connectivity index (χ1v) is 8.53. The number of benzene rings is 2. The molecule has 2 aromatic carbocycles. The molecule has 0 aliphatic carbocycles. The van der Waals surface area contributed by atoms with Crippen LogP contribution in [0.3, 0.4) is 0 Å². The van der Waals surface area contributed by atoms with E-state index in [2.05, 4.69) is 59.3 Å². The van der Waals surface area contributed by atoms with Gasteiger partial charge in [-0.1, -0.05) is 43.3 Å². The first-order chi connectivity index (χ1) is 11.8. The number of methoxy groups -OCH3 is 1. The van der Waals surface area contributed by atoms with Crippen LogP contribution in [0, 0.1) is 0 Å². The van der Waals surface area contributed by atoms with Crippen LogP contribution in [0.4, 0.5) is 0 Å². The molecule has 0 fully saturated rings. The van der Waals surface area contributed by atoms with Crippen molar-refractivity contribution in [3.63, 3.8) is 0 Å². The molecular formula is C20H25N3O. The third-order valence-electron chi connectivity index (χ3n) is 4.10. The Morgan fingerprint density at radius 2 is 1.88 bits per heavy atom. The van der Waals surface area contributed by atoms with Gasteiger partial charge in [0.1, 0.15) is 5.82 Å². The summed E-state index contributed by atoms with van der Waals surface area (Å²) in [5.74, 6) is 1.10. The van der Waals surface area contributed by atoms with Crippen molar-refractivity contribution >= 4 is 11.0 Å². The topological polar surface area (TPSA) is 39.1 Å². The number of rotatable bonds is 8. The second-order valence-corrected chi connectivity index (χ2v) is 6.02. The van der Waals surface area contributed by atoms with Crippen molar-refractivity contribution in [2.75, 3.05) is 7.11 Å². The number of nitrogens with zero attached hydrogens (tertiary/aromatic N) is 2. The molecule has 4 heteroatoms. The van der Waals surface area contributed by atoms with Crippen molar-refractivity contribution in [3.05, 3.63) is 65.5 Å². The summed E-state index contributed by atoms with van der Waals surface area (Å²) in [6.45, 7) is 5.45. The molecule has 0 aliphatic heterocycles. The highest BCUT2D eigenvalue weighted by Gasteiger charge is 2.09. The fraction of sp³-hybridized carbons (Fsp3) is 0.350. The average Bonchev–Trinajstić information content (AvgIpc) is 2.94. The van der Waals surface area contributed by atoms with Gasteiger partial charge >= 0.3 is 0 Å². The quantitative estimate of drug-likeness (QED) is 0.684. The van der Waals surface area contributed by atoms with Gasteiger partial charge in [0.15, 0.2) is 0 Å². The molecule has 3 rings (SSSR count). The van der Waals surface area contributed by atoms with Gasteiger partial charge < -0.3 is 14.6 Å². The highest BCUT2D eigenvalue weighted by Crippen LogP contribution is 2.16. The molecule has 0 amide bonds.